The Balaban J connectivity index is 4.52. The molecule has 226 valence electrons. The van der Waals surface area contributed by atoms with Gasteiger partial charge in [0.05, 0.1) is 25.4 Å². The summed E-state index contributed by atoms with van der Waals surface area (Å²) in [6.07, 6.45) is 28.7. The predicted octanol–water partition coefficient (Wildman–Crippen LogP) is 6.65. The summed E-state index contributed by atoms with van der Waals surface area (Å²) in [6.45, 7) is 3.93. The molecule has 0 aromatic carbocycles. The van der Waals surface area contributed by atoms with E-state index in [0.29, 0.717) is 12.8 Å². The van der Waals surface area contributed by atoms with E-state index in [0.717, 1.165) is 44.9 Å². The third-order valence-electron chi connectivity index (χ3n) is 5.96. The molecule has 0 aromatic heterocycles. The summed E-state index contributed by atoms with van der Waals surface area (Å²) < 4.78 is 21.8. The highest BCUT2D eigenvalue weighted by Crippen LogP contribution is 2.43. The van der Waals surface area contributed by atoms with Crippen LogP contribution in [0.1, 0.15) is 104 Å². The van der Waals surface area contributed by atoms with Crippen LogP contribution in [-0.2, 0) is 18.4 Å². The fourth-order valence-corrected chi connectivity index (χ4v) is 4.49. The number of phosphoric acid groups is 1. The number of hydrogen-bond acceptors (Lipinski definition) is 6. The van der Waals surface area contributed by atoms with Crippen LogP contribution in [0.5, 0.6) is 0 Å². The Bertz CT molecular complexity index is 754. The number of nitrogens with one attached hydrogen (secondary N) is 1. The van der Waals surface area contributed by atoms with Gasteiger partial charge in [0.25, 0.3) is 0 Å². The van der Waals surface area contributed by atoms with E-state index in [1.807, 2.05) is 12.2 Å². The topological polar surface area (TPSA) is 131 Å². The van der Waals surface area contributed by atoms with E-state index < -0.39 is 20.0 Å². The summed E-state index contributed by atoms with van der Waals surface area (Å²) in [7, 11) is -4.31. The Morgan fingerprint density at radius 2 is 1.44 bits per heavy atom. The SMILES string of the molecule is CC/C=C\C/C=C\C/C=C\C/C=C\CCC(=O)NC(COP(=O)(O)OCCN)C(O)CCCCCCCCC. The first-order valence-electron chi connectivity index (χ1n) is 14.8. The molecule has 3 unspecified atom stereocenters. The Morgan fingerprint density at radius 1 is 0.872 bits per heavy atom. The zero-order chi connectivity index (χ0) is 29.0. The van der Waals surface area contributed by atoms with Gasteiger partial charge in [-0.2, -0.15) is 0 Å². The number of hydrogen-bond donors (Lipinski definition) is 4. The normalized spacial score (nSPS) is 15.5. The van der Waals surface area contributed by atoms with Crippen LogP contribution in [-0.4, -0.2) is 47.8 Å². The maximum absolute atomic E-state index is 12.5. The number of phosphoric ester groups is 1. The van der Waals surface area contributed by atoms with Crippen LogP contribution in [0, 0.1) is 0 Å². The van der Waals surface area contributed by atoms with Crippen molar-refractivity contribution in [1.82, 2.24) is 5.32 Å². The molecule has 0 rings (SSSR count). The molecule has 0 radical (unpaired) electrons. The first-order chi connectivity index (χ1) is 18.9. The standard InChI is InChI=1S/C30H55N2O6P/c1-3-5-7-9-11-12-13-14-15-16-18-20-22-24-30(34)32-28(27-38-39(35,36)37-26-25-31)29(33)23-21-19-17-10-8-6-4-2/h5,7,11-12,14-15,18,20,28-29,33H,3-4,6,8-10,13,16-17,19,21-27,31H2,1-2H3,(H,32,34)(H,35,36)/b7-5-,12-11-,15-14-,20-18-. The van der Waals surface area contributed by atoms with Gasteiger partial charge in [0.2, 0.25) is 5.91 Å². The van der Waals surface area contributed by atoms with E-state index in [1.165, 1.54) is 25.7 Å². The maximum atomic E-state index is 12.5. The van der Waals surface area contributed by atoms with Crippen molar-refractivity contribution in [1.29, 1.82) is 0 Å². The molecule has 9 heteroatoms. The largest absolute Gasteiger partial charge is 0.472 e. The van der Waals surface area contributed by atoms with Crippen LogP contribution in [0.15, 0.2) is 48.6 Å². The van der Waals surface area contributed by atoms with Gasteiger partial charge in [-0.25, -0.2) is 4.57 Å². The van der Waals surface area contributed by atoms with E-state index >= 15 is 0 Å². The summed E-state index contributed by atoms with van der Waals surface area (Å²) in [5.74, 6) is -0.250. The average molecular weight is 571 g/mol. The van der Waals surface area contributed by atoms with Crippen molar-refractivity contribution in [3.05, 3.63) is 48.6 Å². The maximum Gasteiger partial charge on any atom is 0.472 e. The van der Waals surface area contributed by atoms with Crippen molar-refractivity contribution in [2.45, 2.75) is 116 Å². The zero-order valence-corrected chi connectivity index (χ0v) is 25.2. The molecule has 0 aliphatic carbocycles. The summed E-state index contributed by atoms with van der Waals surface area (Å²) in [5, 5.41) is 13.5. The average Bonchev–Trinajstić information content (AvgIpc) is 2.91. The number of amides is 1. The Morgan fingerprint density at radius 3 is 2.03 bits per heavy atom. The van der Waals surface area contributed by atoms with Gasteiger partial charge in [-0.3, -0.25) is 13.8 Å². The molecular formula is C30H55N2O6P. The first kappa shape index (κ1) is 37.5. The fraction of sp³-hybridized carbons (Fsp3) is 0.700. The molecular weight excluding hydrogens is 515 g/mol. The third-order valence-corrected chi connectivity index (χ3v) is 6.94. The Hall–Kier alpha value is -1.54. The number of allylic oxidation sites excluding steroid dienone is 8. The molecule has 0 saturated carbocycles. The smallest absolute Gasteiger partial charge is 0.391 e. The highest BCUT2D eigenvalue weighted by atomic mass is 31.2. The molecule has 0 spiro atoms. The molecule has 0 fully saturated rings. The number of rotatable bonds is 26. The van der Waals surface area contributed by atoms with Gasteiger partial charge in [0, 0.05) is 13.0 Å². The van der Waals surface area contributed by atoms with E-state index in [9.17, 15) is 19.4 Å². The van der Waals surface area contributed by atoms with Crippen molar-refractivity contribution < 1.29 is 28.4 Å². The minimum Gasteiger partial charge on any atom is -0.391 e. The van der Waals surface area contributed by atoms with Crippen LogP contribution in [0.3, 0.4) is 0 Å². The van der Waals surface area contributed by atoms with E-state index in [2.05, 4.69) is 55.6 Å². The molecule has 0 saturated heterocycles. The predicted molar refractivity (Wildman–Crippen MR) is 161 cm³/mol. The lowest BCUT2D eigenvalue weighted by Crippen LogP contribution is -2.46. The highest BCUT2D eigenvalue weighted by molar-refractivity contribution is 7.47. The Labute approximate surface area is 237 Å². The lowest BCUT2D eigenvalue weighted by Gasteiger charge is -2.25. The van der Waals surface area contributed by atoms with E-state index in [4.69, 9.17) is 14.8 Å². The third kappa shape index (κ3) is 25.2. The van der Waals surface area contributed by atoms with E-state index in [1.54, 1.807) is 0 Å². The van der Waals surface area contributed by atoms with Gasteiger partial charge in [-0.1, -0.05) is 107 Å². The van der Waals surface area contributed by atoms with Crippen molar-refractivity contribution in [2.75, 3.05) is 19.8 Å². The summed E-state index contributed by atoms with van der Waals surface area (Å²) in [6, 6.07) is -0.808. The number of nitrogens with two attached hydrogens (primary N) is 1. The number of carbonyl (C=O) groups is 1. The number of aliphatic hydroxyl groups is 1. The molecule has 0 aliphatic rings. The lowest BCUT2D eigenvalue weighted by molar-refractivity contribution is -0.123. The van der Waals surface area contributed by atoms with E-state index in [-0.39, 0.29) is 32.1 Å². The van der Waals surface area contributed by atoms with Crippen molar-refractivity contribution in [3.8, 4) is 0 Å². The monoisotopic (exact) mass is 570 g/mol. The van der Waals surface area contributed by atoms with Crippen molar-refractivity contribution in [3.63, 3.8) is 0 Å². The summed E-state index contributed by atoms with van der Waals surface area (Å²) in [4.78, 5) is 22.3. The van der Waals surface area contributed by atoms with Gasteiger partial charge in [0.15, 0.2) is 0 Å². The van der Waals surface area contributed by atoms with Crippen LogP contribution >= 0.6 is 7.82 Å². The number of carbonyl (C=O) groups excluding carboxylic acids is 1. The lowest BCUT2D eigenvalue weighted by atomic mass is 10.0. The molecule has 1 amide bonds. The molecule has 8 nitrogen and oxygen atoms in total. The second kappa shape index (κ2) is 26.7. The van der Waals surface area contributed by atoms with Crippen LogP contribution < -0.4 is 11.1 Å². The molecule has 0 bridgehead atoms. The molecule has 0 heterocycles. The zero-order valence-electron chi connectivity index (χ0n) is 24.3. The molecule has 0 aliphatic heterocycles. The van der Waals surface area contributed by atoms with Gasteiger partial charge in [0.1, 0.15) is 0 Å². The van der Waals surface area contributed by atoms with Gasteiger partial charge in [-0.15, -0.1) is 0 Å². The van der Waals surface area contributed by atoms with Crippen molar-refractivity contribution in [2.24, 2.45) is 5.73 Å². The molecule has 3 atom stereocenters. The fourth-order valence-electron chi connectivity index (χ4n) is 3.73. The quantitative estimate of drug-likeness (QED) is 0.0520. The minimum absolute atomic E-state index is 0.0756. The van der Waals surface area contributed by atoms with Gasteiger partial charge in [-0.05, 0) is 38.5 Å². The van der Waals surface area contributed by atoms with Crippen LogP contribution in [0.25, 0.3) is 0 Å². The van der Waals surface area contributed by atoms with Crippen LogP contribution in [0.2, 0.25) is 0 Å². The Kier molecular flexibility index (Phi) is 25.6. The molecule has 5 N–H and O–H groups in total. The highest BCUT2D eigenvalue weighted by Gasteiger charge is 2.27. The summed E-state index contributed by atoms with van der Waals surface area (Å²) >= 11 is 0. The second-order valence-corrected chi connectivity index (χ2v) is 11.0. The number of unbranched alkanes of at least 4 members (excludes halogenated alkanes) is 6. The first-order valence-corrected chi connectivity index (χ1v) is 16.2. The molecule has 0 aromatic rings. The van der Waals surface area contributed by atoms with Gasteiger partial charge >= 0.3 is 7.82 Å². The summed E-state index contributed by atoms with van der Waals surface area (Å²) in [5.41, 5.74) is 5.31. The molecule has 39 heavy (non-hydrogen) atoms. The number of aliphatic hydroxyl groups excluding tert-OH is 1. The van der Waals surface area contributed by atoms with Gasteiger partial charge < -0.3 is 21.1 Å². The second-order valence-electron chi connectivity index (χ2n) is 9.58. The van der Waals surface area contributed by atoms with Crippen LogP contribution in [0.4, 0.5) is 0 Å². The van der Waals surface area contributed by atoms with Crippen molar-refractivity contribution >= 4 is 13.7 Å². The minimum atomic E-state index is -4.31.